The molecule has 0 saturated carbocycles. The summed E-state index contributed by atoms with van der Waals surface area (Å²) in [6.07, 6.45) is 63.6. The Kier molecular flexibility index (Phi) is 46.9. The number of hydrogen-bond acceptors (Lipinski definition) is 8. The first-order chi connectivity index (χ1) is 31.7. The van der Waals surface area contributed by atoms with E-state index in [1.807, 2.05) is 0 Å². The third kappa shape index (κ3) is 48.9. The van der Waals surface area contributed by atoms with Gasteiger partial charge in [0.1, 0.15) is 12.1 Å². The summed E-state index contributed by atoms with van der Waals surface area (Å²) in [6, 6.07) is -1.48. The van der Waals surface area contributed by atoms with E-state index < -0.39 is 45.1 Å². The number of esters is 1. The van der Waals surface area contributed by atoms with E-state index in [4.69, 9.17) is 29.4 Å². The van der Waals surface area contributed by atoms with E-state index in [2.05, 4.69) is 98.9 Å². The van der Waals surface area contributed by atoms with Crippen molar-refractivity contribution in [2.24, 2.45) is 5.73 Å². The molecule has 0 aromatic rings. The summed E-state index contributed by atoms with van der Waals surface area (Å²) in [5.74, 6) is -1.80. The van der Waals surface area contributed by atoms with Gasteiger partial charge in [0.2, 0.25) is 0 Å². The minimum atomic E-state index is -4.64. The monoisotopic (exact) mass is 932 g/mol. The Morgan fingerprint density at radius 1 is 0.508 bits per heavy atom. The fourth-order valence-electron chi connectivity index (χ4n) is 6.72. The highest BCUT2D eigenvalue weighted by molar-refractivity contribution is 7.47. The number of carbonyl (C=O) groups is 2. The summed E-state index contributed by atoms with van der Waals surface area (Å²) in [4.78, 5) is 33.7. The fourth-order valence-corrected chi connectivity index (χ4v) is 7.50. The molecule has 4 N–H and O–H groups in total. The van der Waals surface area contributed by atoms with Crippen LogP contribution in [-0.2, 0) is 32.7 Å². The summed E-state index contributed by atoms with van der Waals surface area (Å²) in [5.41, 5.74) is 5.37. The van der Waals surface area contributed by atoms with Gasteiger partial charge >= 0.3 is 19.8 Å². The van der Waals surface area contributed by atoms with Crippen LogP contribution in [0, 0.1) is 0 Å². The van der Waals surface area contributed by atoms with Crippen molar-refractivity contribution in [3.63, 3.8) is 0 Å². The Bertz CT molecular complexity index is 1360. The molecule has 374 valence electrons. The molecule has 0 amide bonds. The third-order valence-corrected chi connectivity index (χ3v) is 11.6. The molecule has 0 rings (SSSR count). The lowest BCUT2D eigenvalue weighted by molar-refractivity contribution is -0.154. The van der Waals surface area contributed by atoms with Crippen molar-refractivity contribution in [1.29, 1.82) is 0 Å². The maximum Gasteiger partial charge on any atom is 0.472 e. The Hall–Kier alpha value is -2.85. The van der Waals surface area contributed by atoms with E-state index in [9.17, 15) is 19.0 Å². The van der Waals surface area contributed by atoms with Crippen molar-refractivity contribution in [3.8, 4) is 0 Å². The van der Waals surface area contributed by atoms with Crippen LogP contribution in [-0.4, -0.2) is 60.5 Å². The lowest BCUT2D eigenvalue weighted by Crippen LogP contribution is -2.34. The summed E-state index contributed by atoms with van der Waals surface area (Å²) >= 11 is 0. The zero-order chi connectivity index (χ0) is 47.6. The van der Waals surface area contributed by atoms with E-state index in [1.54, 1.807) is 0 Å². The Labute approximate surface area is 397 Å². The van der Waals surface area contributed by atoms with Crippen molar-refractivity contribution < 1.29 is 42.7 Å². The van der Waals surface area contributed by atoms with Crippen LogP contribution in [0.1, 0.15) is 206 Å². The van der Waals surface area contributed by atoms with E-state index in [0.717, 1.165) is 83.5 Å². The Balaban J connectivity index is 4.24. The molecule has 0 fully saturated rings. The first kappa shape index (κ1) is 62.1. The third-order valence-electron chi connectivity index (χ3n) is 10.7. The van der Waals surface area contributed by atoms with Gasteiger partial charge in [0.15, 0.2) is 0 Å². The SMILES string of the molecule is CC/C=C\C/C=C\C/C=C\C/C=C\C/C=C\C/C=C\CCCCCOCC(COP(=O)(O)OCC(N)C(=O)O)OC(=O)CCCCCCCCCCC/C=C\CCCCCCCCCC. The summed E-state index contributed by atoms with van der Waals surface area (Å²) in [5, 5.41) is 8.93. The molecule has 65 heavy (non-hydrogen) atoms. The number of carboxylic acid groups (broad SMARTS) is 1. The fraction of sp³-hybridized carbons (Fsp3) is 0.704. The van der Waals surface area contributed by atoms with E-state index in [-0.39, 0.29) is 13.0 Å². The summed E-state index contributed by atoms with van der Waals surface area (Å²) in [6.45, 7) is 3.69. The number of phosphoric acid groups is 1. The second-order valence-corrected chi connectivity index (χ2v) is 18.4. The number of phosphoric ester groups is 1. The molecule has 0 heterocycles. The molecular formula is C54H94NO9P. The predicted molar refractivity (Wildman–Crippen MR) is 272 cm³/mol. The van der Waals surface area contributed by atoms with Crippen LogP contribution in [0.3, 0.4) is 0 Å². The van der Waals surface area contributed by atoms with Gasteiger partial charge in [0.25, 0.3) is 0 Å². The molecule has 0 aliphatic heterocycles. The van der Waals surface area contributed by atoms with Crippen LogP contribution >= 0.6 is 7.82 Å². The maximum atomic E-state index is 12.7. The molecule has 0 bridgehead atoms. The lowest BCUT2D eigenvalue weighted by Gasteiger charge is -2.20. The number of nitrogens with two attached hydrogens (primary N) is 1. The number of aliphatic carboxylic acids is 1. The first-order valence-electron chi connectivity index (χ1n) is 25.6. The number of ether oxygens (including phenoxy) is 2. The largest absolute Gasteiger partial charge is 0.480 e. The van der Waals surface area contributed by atoms with Crippen molar-refractivity contribution in [3.05, 3.63) is 85.1 Å². The number of carbonyl (C=O) groups excluding carboxylic acids is 1. The standard InChI is InChI=1S/C54H94NO9P/c1-3-5-7-9-11-13-15-17-19-21-23-25-27-29-31-33-35-37-39-41-43-45-47-61-48-51(49-62-65(59,60)63-50-52(55)54(57)58)64-53(56)46-44-42-40-38-36-34-32-30-28-26-24-22-20-18-16-14-12-10-8-6-4-2/h5,7,11,13,17,19,22-25,29,31,35,37,51-52H,3-4,6,8-10,12,14-16,18,20-21,26-28,30,32-34,36,38-50,55H2,1-2H3,(H,57,58)(H,59,60)/b7-5-,13-11-,19-17-,24-22-,25-23-,31-29-,37-35-. The predicted octanol–water partition coefficient (Wildman–Crippen LogP) is 15.1. The van der Waals surface area contributed by atoms with Gasteiger partial charge in [-0.25, -0.2) is 4.57 Å². The number of unbranched alkanes of at least 4 members (excludes halogenated alkanes) is 20. The molecule has 3 unspecified atom stereocenters. The second-order valence-electron chi connectivity index (χ2n) is 16.9. The van der Waals surface area contributed by atoms with Crippen molar-refractivity contribution in [2.45, 2.75) is 219 Å². The highest BCUT2D eigenvalue weighted by Gasteiger charge is 2.27. The summed E-state index contributed by atoms with van der Waals surface area (Å²) in [7, 11) is -4.64. The van der Waals surface area contributed by atoms with Gasteiger partial charge in [0.05, 0.1) is 19.8 Å². The second kappa shape index (κ2) is 49.1. The minimum absolute atomic E-state index is 0.0108. The molecule has 11 heteroatoms. The van der Waals surface area contributed by atoms with Gasteiger partial charge in [0, 0.05) is 13.0 Å². The van der Waals surface area contributed by atoms with Crippen molar-refractivity contribution >= 4 is 19.8 Å². The van der Waals surface area contributed by atoms with Gasteiger partial charge in [-0.05, 0) is 89.9 Å². The van der Waals surface area contributed by atoms with E-state index >= 15 is 0 Å². The molecule has 0 saturated heterocycles. The van der Waals surface area contributed by atoms with Crippen LogP contribution in [0.4, 0.5) is 0 Å². The normalized spacial score (nSPS) is 14.4. The molecule has 10 nitrogen and oxygen atoms in total. The highest BCUT2D eigenvalue weighted by atomic mass is 31.2. The minimum Gasteiger partial charge on any atom is -0.480 e. The van der Waals surface area contributed by atoms with Crippen LogP contribution in [0.15, 0.2) is 85.1 Å². The van der Waals surface area contributed by atoms with Crippen LogP contribution in [0.2, 0.25) is 0 Å². The Morgan fingerprint density at radius 2 is 0.892 bits per heavy atom. The quantitative estimate of drug-likeness (QED) is 0.0232. The molecule has 0 aromatic carbocycles. The molecule has 0 spiro atoms. The van der Waals surface area contributed by atoms with E-state index in [0.29, 0.717) is 13.0 Å². The Morgan fingerprint density at radius 3 is 1.35 bits per heavy atom. The average Bonchev–Trinajstić information content (AvgIpc) is 3.29. The van der Waals surface area contributed by atoms with Gasteiger partial charge in [-0.2, -0.15) is 0 Å². The zero-order valence-corrected chi connectivity index (χ0v) is 42.0. The van der Waals surface area contributed by atoms with Gasteiger partial charge in [-0.1, -0.05) is 195 Å². The van der Waals surface area contributed by atoms with Crippen molar-refractivity contribution in [1.82, 2.24) is 0 Å². The number of allylic oxidation sites excluding steroid dienone is 14. The number of rotatable bonds is 48. The first-order valence-corrected chi connectivity index (χ1v) is 27.1. The summed E-state index contributed by atoms with van der Waals surface area (Å²) < 4.78 is 33.5. The van der Waals surface area contributed by atoms with Gasteiger partial charge in [-0.3, -0.25) is 18.6 Å². The van der Waals surface area contributed by atoms with Crippen LogP contribution in [0.25, 0.3) is 0 Å². The van der Waals surface area contributed by atoms with Crippen LogP contribution < -0.4 is 5.73 Å². The van der Waals surface area contributed by atoms with E-state index in [1.165, 1.54) is 96.3 Å². The van der Waals surface area contributed by atoms with Crippen LogP contribution in [0.5, 0.6) is 0 Å². The average molecular weight is 932 g/mol. The number of hydrogen-bond donors (Lipinski definition) is 3. The lowest BCUT2D eigenvalue weighted by atomic mass is 10.1. The van der Waals surface area contributed by atoms with Gasteiger partial charge < -0.3 is 25.2 Å². The van der Waals surface area contributed by atoms with Gasteiger partial charge in [-0.15, -0.1) is 0 Å². The van der Waals surface area contributed by atoms with Crippen molar-refractivity contribution in [2.75, 3.05) is 26.4 Å². The molecule has 0 radical (unpaired) electrons. The maximum absolute atomic E-state index is 12.7. The number of carboxylic acids is 1. The topological polar surface area (TPSA) is 155 Å². The molecule has 0 aliphatic carbocycles. The smallest absolute Gasteiger partial charge is 0.472 e. The highest BCUT2D eigenvalue weighted by Crippen LogP contribution is 2.43. The molecule has 0 aliphatic rings. The molecule has 0 aromatic heterocycles. The molecular weight excluding hydrogens is 838 g/mol. The zero-order valence-electron chi connectivity index (χ0n) is 41.1. The molecule has 3 atom stereocenters.